The minimum Gasteiger partial charge on any atom is -0.347 e. The maximum absolute atomic E-state index is 13.3. The third-order valence-electron chi connectivity index (χ3n) is 4.75. The van der Waals surface area contributed by atoms with E-state index in [-0.39, 0.29) is 6.04 Å². The molecule has 1 aliphatic rings. The first-order valence-electron chi connectivity index (χ1n) is 7.74. The fourth-order valence-electron chi connectivity index (χ4n) is 3.45. The van der Waals surface area contributed by atoms with Gasteiger partial charge in [0.2, 0.25) is 10.0 Å². The average Bonchev–Trinajstić information content (AvgIpc) is 2.79. The molecule has 1 unspecified atom stereocenters. The average molecular weight is 321 g/mol. The molecule has 0 bridgehead atoms. The summed E-state index contributed by atoms with van der Waals surface area (Å²) in [5.41, 5.74) is 7.54. The van der Waals surface area contributed by atoms with Crippen molar-refractivity contribution in [3.8, 4) is 0 Å². The number of hydrogen-bond donors (Lipinski definition) is 1. The fourth-order valence-corrected chi connectivity index (χ4v) is 5.60. The van der Waals surface area contributed by atoms with E-state index in [1.165, 1.54) is 0 Å². The molecule has 1 aliphatic heterocycles. The van der Waals surface area contributed by atoms with E-state index in [2.05, 4.69) is 0 Å². The van der Waals surface area contributed by atoms with E-state index < -0.39 is 10.0 Å². The number of nitrogens with zero attached hydrogens (tertiary/aromatic N) is 2. The molecule has 0 saturated carbocycles. The lowest BCUT2D eigenvalue weighted by atomic mass is 10.1. The van der Waals surface area contributed by atoms with Gasteiger partial charge in [-0.25, -0.2) is 8.42 Å². The van der Waals surface area contributed by atoms with Gasteiger partial charge in [0, 0.05) is 42.8 Å². The zero-order chi connectivity index (χ0) is 15.9. The fraction of sp³-hybridized carbons (Fsp3) is 0.500. The number of benzene rings is 1. The molecule has 0 amide bonds. The standard InChI is InChI=1S/C16H23N3O2S/c1-12-16(14-8-3-4-9-15(14)18(12)2)22(20,21)19-10-6-5-7-13(19)11-17/h3-4,8-9,13H,5-7,10-11,17H2,1-2H3. The smallest absolute Gasteiger partial charge is 0.245 e. The third kappa shape index (κ3) is 2.26. The Hall–Kier alpha value is -1.37. The van der Waals surface area contributed by atoms with Crippen molar-refractivity contribution in [3.05, 3.63) is 30.0 Å². The van der Waals surface area contributed by atoms with Crippen molar-refractivity contribution in [2.45, 2.75) is 37.1 Å². The summed E-state index contributed by atoms with van der Waals surface area (Å²) in [7, 11) is -1.62. The molecule has 2 heterocycles. The molecule has 3 rings (SSSR count). The van der Waals surface area contributed by atoms with Gasteiger partial charge < -0.3 is 10.3 Å². The topological polar surface area (TPSA) is 68.3 Å². The maximum Gasteiger partial charge on any atom is 0.245 e. The molecule has 0 aliphatic carbocycles. The SMILES string of the molecule is Cc1c(S(=O)(=O)N2CCCCC2CN)c2ccccc2n1C. The van der Waals surface area contributed by atoms with E-state index in [4.69, 9.17) is 5.73 Å². The highest BCUT2D eigenvalue weighted by Crippen LogP contribution is 2.33. The van der Waals surface area contributed by atoms with Crippen LogP contribution in [0.1, 0.15) is 25.0 Å². The minimum absolute atomic E-state index is 0.0860. The Kier molecular flexibility index (Phi) is 4.01. The molecule has 1 aromatic heterocycles. The van der Waals surface area contributed by atoms with E-state index in [9.17, 15) is 8.42 Å². The molecule has 2 N–H and O–H groups in total. The van der Waals surface area contributed by atoms with Crippen LogP contribution in [0.2, 0.25) is 0 Å². The Balaban J connectivity index is 2.19. The number of aromatic nitrogens is 1. The van der Waals surface area contributed by atoms with Gasteiger partial charge in [-0.2, -0.15) is 4.31 Å². The van der Waals surface area contributed by atoms with Crippen molar-refractivity contribution >= 4 is 20.9 Å². The van der Waals surface area contributed by atoms with E-state index >= 15 is 0 Å². The second-order valence-corrected chi connectivity index (χ2v) is 7.82. The van der Waals surface area contributed by atoms with Gasteiger partial charge in [0.25, 0.3) is 0 Å². The normalized spacial score (nSPS) is 20.6. The van der Waals surface area contributed by atoms with Gasteiger partial charge in [-0.05, 0) is 25.8 Å². The quantitative estimate of drug-likeness (QED) is 0.940. The van der Waals surface area contributed by atoms with Crippen molar-refractivity contribution in [1.29, 1.82) is 0 Å². The summed E-state index contributed by atoms with van der Waals surface area (Å²) < 4.78 is 30.1. The molecule has 120 valence electrons. The van der Waals surface area contributed by atoms with Gasteiger partial charge in [-0.15, -0.1) is 0 Å². The molecule has 0 spiro atoms. The van der Waals surface area contributed by atoms with Crippen LogP contribution in [0.25, 0.3) is 10.9 Å². The van der Waals surface area contributed by atoms with Crippen molar-refractivity contribution in [3.63, 3.8) is 0 Å². The molecule has 6 heteroatoms. The Bertz CT molecular complexity index is 795. The molecule has 2 aromatic rings. The number of aryl methyl sites for hydroxylation is 1. The van der Waals surface area contributed by atoms with Crippen LogP contribution in [0.15, 0.2) is 29.2 Å². The van der Waals surface area contributed by atoms with Crippen LogP contribution in [-0.4, -0.2) is 36.4 Å². The highest BCUT2D eigenvalue weighted by molar-refractivity contribution is 7.89. The zero-order valence-electron chi connectivity index (χ0n) is 13.1. The van der Waals surface area contributed by atoms with Gasteiger partial charge in [-0.1, -0.05) is 24.6 Å². The minimum atomic E-state index is -3.53. The van der Waals surface area contributed by atoms with Gasteiger partial charge in [-0.3, -0.25) is 0 Å². The van der Waals surface area contributed by atoms with E-state index in [1.807, 2.05) is 42.8 Å². The second-order valence-electron chi connectivity index (χ2n) is 5.99. The van der Waals surface area contributed by atoms with Crippen molar-refractivity contribution in [2.75, 3.05) is 13.1 Å². The second kappa shape index (κ2) is 5.68. The van der Waals surface area contributed by atoms with Gasteiger partial charge in [0.05, 0.1) is 0 Å². The number of nitrogens with two attached hydrogens (primary N) is 1. The number of hydrogen-bond acceptors (Lipinski definition) is 3. The van der Waals surface area contributed by atoms with Crippen LogP contribution in [0, 0.1) is 6.92 Å². The molecule has 1 saturated heterocycles. The van der Waals surface area contributed by atoms with Crippen molar-refractivity contribution < 1.29 is 8.42 Å². The summed E-state index contributed by atoms with van der Waals surface area (Å²) in [6, 6.07) is 7.57. The monoisotopic (exact) mass is 321 g/mol. The molecular weight excluding hydrogens is 298 g/mol. The number of sulfonamides is 1. The van der Waals surface area contributed by atoms with Crippen LogP contribution >= 0.6 is 0 Å². The van der Waals surface area contributed by atoms with Crippen LogP contribution < -0.4 is 5.73 Å². The van der Waals surface area contributed by atoms with Gasteiger partial charge in [0.15, 0.2) is 0 Å². The third-order valence-corrected chi connectivity index (χ3v) is 6.88. The summed E-state index contributed by atoms with van der Waals surface area (Å²) in [6.45, 7) is 2.81. The zero-order valence-corrected chi connectivity index (χ0v) is 13.9. The van der Waals surface area contributed by atoms with Crippen molar-refractivity contribution in [1.82, 2.24) is 8.87 Å². The highest BCUT2D eigenvalue weighted by Gasteiger charge is 2.35. The first-order chi connectivity index (χ1) is 10.5. The van der Waals surface area contributed by atoms with Crippen LogP contribution in [0.4, 0.5) is 0 Å². The number of fused-ring (bicyclic) bond motifs is 1. The molecule has 5 nitrogen and oxygen atoms in total. The predicted octanol–water partition coefficient (Wildman–Crippen LogP) is 1.99. The first-order valence-corrected chi connectivity index (χ1v) is 9.18. The number of rotatable bonds is 3. The summed E-state index contributed by atoms with van der Waals surface area (Å²) in [5.74, 6) is 0. The molecule has 0 radical (unpaired) electrons. The van der Waals surface area contributed by atoms with Crippen LogP contribution in [-0.2, 0) is 17.1 Å². The lowest BCUT2D eigenvalue weighted by molar-refractivity contribution is 0.257. The lowest BCUT2D eigenvalue weighted by Crippen LogP contribution is -2.47. The van der Waals surface area contributed by atoms with Crippen LogP contribution in [0.3, 0.4) is 0 Å². The summed E-state index contributed by atoms with van der Waals surface area (Å²) in [4.78, 5) is 0.436. The number of piperidine rings is 1. The Morgan fingerprint density at radius 3 is 2.73 bits per heavy atom. The lowest BCUT2D eigenvalue weighted by Gasteiger charge is -2.34. The van der Waals surface area contributed by atoms with Gasteiger partial charge in [0.1, 0.15) is 4.90 Å². The number of para-hydroxylation sites is 1. The highest BCUT2D eigenvalue weighted by atomic mass is 32.2. The molecule has 1 atom stereocenters. The summed E-state index contributed by atoms with van der Waals surface area (Å²) in [5, 5.41) is 0.795. The predicted molar refractivity (Wildman–Crippen MR) is 88.2 cm³/mol. The Morgan fingerprint density at radius 2 is 2.00 bits per heavy atom. The first kappa shape index (κ1) is 15.5. The molecule has 1 aromatic carbocycles. The largest absolute Gasteiger partial charge is 0.347 e. The maximum atomic E-state index is 13.3. The summed E-state index contributed by atoms with van der Waals surface area (Å²) >= 11 is 0. The molecule has 1 fully saturated rings. The van der Waals surface area contributed by atoms with E-state index in [0.717, 1.165) is 35.9 Å². The Labute approximate surface area is 131 Å². The van der Waals surface area contributed by atoms with E-state index in [1.54, 1.807) is 4.31 Å². The van der Waals surface area contributed by atoms with Crippen LogP contribution in [0.5, 0.6) is 0 Å². The Morgan fingerprint density at radius 1 is 1.27 bits per heavy atom. The molecule has 22 heavy (non-hydrogen) atoms. The van der Waals surface area contributed by atoms with Crippen molar-refractivity contribution in [2.24, 2.45) is 12.8 Å². The molecular formula is C16H23N3O2S. The van der Waals surface area contributed by atoms with Gasteiger partial charge >= 0.3 is 0 Å². The van der Waals surface area contributed by atoms with E-state index in [0.29, 0.717) is 18.0 Å². The summed E-state index contributed by atoms with van der Waals surface area (Å²) in [6.07, 6.45) is 2.79.